The molecule has 1 aromatic carbocycles. The molecule has 3 aromatic rings. The number of benzene rings is 1. The van der Waals surface area contributed by atoms with Crippen LogP contribution in [0.5, 0.6) is 5.75 Å². The number of oxime groups is 1. The molecule has 0 saturated carbocycles. The summed E-state index contributed by atoms with van der Waals surface area (Å²) in [5.74, 6) is -0.444. The molecule has 0 aliphatic carbocycles. The summed E-state index contributed by atoms with van der Waals surface area (Å²) in [5.41, 5.74) is 2.32. The molecule has 0 radical (unpaired) electrons. The Morgan fingerprint density at radius 1 is 1.29 bits per heavy atom. The van der Waals surface area contributed by atoms with Crippen LogP contribution in [0.15, 0.2) is 52.6 Å². The van der Waals surface area contributed by atoms with Crippen molar-refractivity contribution in [2.75, 3.05) is 7.11 Å². The maximum absolute atomic E-state index is 13.6. The molecule has 10 nitrogen and oxygen atoms in total. The predicted octanol–water partition coefficient (Wildman–Crippen LogP) is 2.70. The number of pyridine rings is 1. The van der Waals surface area contributed by atoms with Crippen LogP contribution in [0.25, 0.3) is 0 Å². The van der Waals surface area contributed by atoms with Gasteiger partial charge >= 0.3 is 0 Å². The summed E-state index contributed by atoms with van der Waals surface area (Å²) in [5, 5.41) is 6.83. The van der Waals surface area contributed by atoms with E-state index in [1.807, 2.05) is 0 Å². The normalized spacial score (nSPS) is 15.9. The molecule has 1 aliphatic rings. The molecule has 0 saturated heterocycles. The number of methoxy groups -OCH3 is 1. The SMILES string of the molecule is COc1cc(CNC(=O)c2cc(C3=NOC(c4ccc(S(=O)O)cn4)C3)nc(C)n2)ccc1F. The van der Waals surface area contributed by atoms with Crippen LogP contribution in [-0.2, 0) is 22.5 Å². The third-order valence-corrected chi connectivity index (χ3v) is 5.64. The minimum Gasteiger partial charge on any atom is -0.494 e. The van der Waals surface area contributed by atoms with Crippen LogP contribution in [-0.4, -0.2) is 42.4 Å². The Bertz CT molecular complexity index is 1290. The van der Waals surface area contributed by atoms with Crippen LogP contribution < -0.4 is 10.1 Å². The summed E-state index contributed by atoms with van der Waals surface area (Å²) < 4.78 is 38.8. The molecule has 4 rings (SSSR count). The molecule has 2 unspecified atom stereocenters. The molecule has 176 valence electrons. The van der Waals surface area contributed by atoms with Crippen molar-refractivity contribution in [1.82, 2.24) is 20.3 Å². The van der Waals surface area contributed by atoms with Gasteiger partial charge in [-0.2, -0.15) is 0 Å². The third kappa shape index (κ3) is 5.24. The minimum absolute atomic E-state index is 0.0921. The number of nitrogens with zero attached hydrogens (tertiary/aromatic N) is 4. The fraction of sp³-hybridized carbons (Fsp3) is 0.227. The zero-order valence-electron chi connectivity index (χ0n) is 18.2. The van der Waals surface area contributed by atoms with Gasteiger partial charge in [0.05, 0.1) is 23.4 Å². The van der Waals surface area contributed by atoms with E-state index in [9.17, 15) is 13.4 Å². The molecule has 0 bridgehead atoms. The molecule has 1 amide bonds. The second-order valence-corrected chi connectivity index (χ2v) is 8.31. The fourth-order valence-electron chi connectivity index (χ4n) is 3.29. The lowest BCUT2D eigenvalue weighted by molar-refractivity contribution is 0.0825. The highest BCUT2D eigenvalue weighted by Crippen LogP contribution is 2.28. The van der Waals surface area contributed by atoms with Crippen LogP contribution in [0.2, 0.25) is 0 Å². The van der Waals surface area contributed by atoms with Crippen LogP contribution in [0.1, 0.15) is 45.8 Å². The van der Waals surface area contributed by atoms with Gasteiger partial charge in [0.15, 0.2) is 28.8 Å². The van der Waals surface area contributed by atoms with E-state index in [0.717, 1.165) is 0 Å². The number of hydrogen-bond donors (Lipinski definition) is 2. The summed E-state index contributed by atoms with van der Waals surface area (Å²) in [6.45, 7) is 1.81. The second kappa shape index (κ2) is 10.0. The average Bonchev–Trinajstić information content (AvgIpc) is 3.33. The third-order valence-electron chi connectivity index (χ3n) is 4.99. The molecule has 1 aliphatic heterocycles. The summed E-state index contributed by atoms with van der Waals surface area (Å²) in [7, 11) is 1.37. The lowest BCUT2D eigenvalue weighted by Crippen LogP contribution is -2.25. The van der Waals surface area contributed by atoms with E-state index < -0.39 is 28.9 Å². The van der Waals surface area contributed by atoms with Crippen molar-refractivity contribution in [3.63, 3.8) is 0 Å². The Morgan fingerprint density at radius 3 is 2.82 bits per heavy atom. The van der Waals surface area contributed by atoms with Gasteiger partial charge in [-0.25, -0.2) is 18.6 Å². The second-order valence-electron chi connectivity index (χ2n) is 7.34. The van der Waals surface area contributed by atoms with Gasteiger partial charge < -0.3 is 19.4 Å². The molecular formula is C22H20FN5O5S. The van der Waals surface area contributed by atoms with Gasteiger partial charge in [-0.1, -0.05) is 11.2 Å². The zero-order chi connectivity index (χ0) is 24.2. The summed E-state index contributed by atoms with van der Waals surface area (Å²) in [6.07, 6.45) is 1.17. The number of hydrogen-bond acceptors (Lipinski definition) is 8. The van der Waals surface area contributed by atoms with Gasteiger partial charge in [0.2, 0.25) is 0 Å². The summed E-state index contributed by atoms with van der Waals surface area (Å²) in [4.78, 5) is 31.1. The number of ether oxygens (including phenoxy) is 1. The van der Waals surface area contributed by atoms with Gasteiger partial charge in [0.25, 0.3) is 5.91 Å². The van der Waals surface area contributed by atoms with E-state index in [2.05, 4.69) is 25.4 Å². The first-order valence-corrected chi connectivity index (χ1v) is 11.2. The Morgan fingerprint density at radius 2 is 2.12 bits per heavy atom. The first-order chi connectivity index (χ1) is 16.3. The largest absolute Gasteiger partial charge is 0.494 e. The Labute approximate surface area is 196 Å². The first kappa shape index (κ1) is 23.4. The molecule has 34 heavy (non-hydrogen) atoms. The van der Waals surface area contributed by atoms with Crippen molar-refractivity contribution < 1.29 is 27.5 Å². The summed E-state index contributed by atoms with van der Waals surface area (Å²) >= 11 is -2.11. The molecule has 3 heterocycles. The maximum atomic E-state index is 13.6. The number of carbonyl (C=O) groups is 1. The van der Waals surface area contributed by atoms with Crippen LogP contribution in [0.4, 0.5) is 4.39 Å². The quantitative estimate of drug-likeness (QED) is 0.488. The molecule has 0 fully saturated rings. The Balaban J connectivity index is 1.44. The number of rotatable bonds is 7. The fourth-order valence-corrected chi connectivity index (χ4v) is 3.62. The Hall–Kier alpha value is -3.77. The molecule has 2 N–H and O–H groups in total. The number of halogens is 1. The van der Waals surface area contributed by atoms with E-state index in [4.69, 9.17) is 14.1 Å². The number of nitrogens with one attached hydrogen (secondary N) is 1. The van der Waals surface area contributed by atoms with E-state index in [-0.39, 0.29) is 22.9 Å². The molecule has 2 atom stereocenters. The van der Waals surface area contributed by atoms with E-state index >= 15 is 0 Å². The van der Waals surface area contributed by atoms with Crippen molar-refractivity contribution in [2.45, 2.75) is 30.9 Å². The van der Waals surface area contributed by atoms with Gasteiger partial charge in [-0.3, -0.25) is 9.78 Å². The lowest BCUT2D eigenvalue weighted by atomic mass is 10.1. The molecule has 0 spiro atoms. The van der Waals surface area contributed by atoms with Crippen molar-refractivity contribution >= 4 is 22.7 Å². The number of aryl methyl sites for hydroxylation is 1. The average molecular weight is 485 g/mol. The van der Waals surface area contributed by atoms with Crippen LogP contribution >= 0.6 is 0 Å². The Kier molecular flexibility index (Phi) is 6.89. The summed E-state index contributed by atoms with van der Waals surface area (Å²) in [6, 6.07) is 8.94. The maximum Gasteiger partial charge on any atom is 0.270 e. The lowest BCUT2D eigenvalue weighted by Gasteiger charge is -2.09. The molecular weight excluding hydrogens is 465 g/mol. The van der Waals surface area contributed by atoms with Crippen molar-refractivity contribution in [2.24, 2.45) is 5.16 Å². The van der Waals surface area contributed by atoms with Crippen LogP contribution in [0, 0.1) is 12.7 Å². The standard InChI is InChI=1S/C22H20FN5O5S/c1-12-26-17(18-9-21(33-28-18)16-6-4-14(11-24-16)34(30)31)8-19(27-12)22(29)25-10-13-3-5-15(23)20(7-13)32-2/h3-8,11,21H,9-10H2,1-2H3,(H,25,29)(H,30,31). The van der Waals surface area contributed by atoms with Gasteiger partial charge in [-0.05, 0) is 42.8 Å². The highest BCUT2D eigenvalue weighted by Gasteiger charge is 2.27. The van der Waals surface area contributed by atoms with Crippen molar-refractivity contribution in [3.8, 4) is 5.75 Å². The molecule has 2 aromatic heterocycles. The van der Waals surface area contributed by atoms with Crippen molar-refractivity contribution in [3.05, 3.63) is 76.9 Å². The van der Waals surface area contributed by atoms with Gasteiger partial charge in [0.1, 0.15) is 17.2 Å². The van der Waals surface area contributed by atoms with Gasteiger partial charge in [0, 0.05) is 19.2 Å². The number of amides is 1. The number of carbonyl (C=O) groups excluding carboxylic acids is 1. The highest BCUT2D eigenvalue weighted by atomic mass is 32.2. The topological polar surface area (TPSA) is 136 Å². The van der Waals surface area contributed by atoms with Crippen molar-refractivity contribution in [1.29, 1.82) is 0 Å². The van der Waals surface area contributed by atoms with Crippen LogP contribution in [0.3, 0.4) is 0 Å². The highest BCUT2D eigenvalue weighted by molar-refractivity contribution is 7.79. The smallest absolute Gasteiger partial charge is 0.270 e. The number of aromatic nitrogens is 3. The van der Waals surface area contributed by atoms with E-state index in [0.29, 0.717) is 34.9 Å². The first-order valence-electron chi connectivity index (χ1n) is 10.1. The monoisotopic (exact) mass is 485 g/mol. The predicted molar refractivity (Wildman–Crippen MR) is 119 cm³/mol. The molecule has 12 heteroatoms. The van der Waals surface area contributed by atoms with E-state index in [1.165, 1.54) is 37.6 Å². The van der Waals surface area contributed by atoms with Gasteiger partial charge in [-0.15, -0.1) is 0 Å². The minimum atomic E-state index is -2.11. The zero-order valence-corrected chi connectivity index (χ0v) is 19.0. The van der Waals surface area contributed by atoms with E-state index in [1.54, 1.807) is 19.1 Å².